The van der Waals surface area contributed by atoms with Gasteiger partial charge in [0.05, 0.1) is 0 Å². The second kappa shape index (κ2) is 8.65. The molecule has 0 bridgehead atoms. The molecule has 1 aliphatic rings. The van der Waals surface area contributed by atoms with Crippen LogP contribution in [0, 0.1) is 0 Å². The van der Waals surface area contributed by atoms with Gasteiger partial charge in [0.25, 0.3) is 0 Å². The van der Waals surface area contributed by atoms with E-state index in [1.165, 1.54) is 3.88 Å². The SMILES string of the molecule is CCOc1ccccc1OC1=[C]([Ti])CC=C1.Cl.Cl. The molecule has 0 saturated heterocycles. The van der Waals surface area contributed by atoms with E-state index in [4.69, 9.17) is 9.47 Å². The van der Waals surface area contributed by atoms with Gasteiger partial charge in [-0.2, -0.15) is 0 Å². The normalized spacial score (nSPS) is 12.7. The summed E-state index contributed by atoms with van der Waals surface area (Å²) < 4.78 is 12.6. The molecule has 0 saturated carbocycles. The molecule has 0 radical (unpaired) electrons. The van der Waals surface area contributed by atoms with Crippen LogP contribution < -0.4 is 9.47 Å². The quantitative estimate of drug-likeness (QED) is 0.780. The fourth-order valence-electron chi connectivity index (χ4n) is 1.51. The van der Waals surface area contributed by atoms with Crippen molar-refractivity contribution < 1.29 is 29.9 Å². The molecule has 0 fully saturated rings. The molecular weight excluding hydrogens is 307 g/mol. The second-order valence-electron chi connectivity index (χ2n) is 3.43. The van der Waals surface area contributed by atoms with Crippen molar-refractivity contribution in [3.05, 3.63) is 46.1 Å². The molecular formula is C13H15Cl2O2Ti. The molecule has 1 aromatic carbocycles. The predicted octanol–water partition coefficient (Wildman–Crippen LogP) is 4.03. The van der Waals surface area contributed by atoms with Gasteiger partial charge in [-0.15, -0.1) is 24.8 Å². The van der Waals surface area contributed by atoms with Crippen LogP contribution in [0.15, 0.2) is 46.1 Å². The van der Waals surface area contributed by atoms with E-state index >= 15 is 0 Å². The minimum atomic E-state index is 0. The van der Waals surface area contributed by atoms with Gasteiger partial charge >= 0.3 is 107 Å². The zero-order valence-corrected chi connectivity index (χ0v) is 13.2. The summed E-state index contributed by atoms with van der Waals surface area (Å²) in [6.07, 6.45) is 5.10. The Bertz CT molecular complexity index is 444. The van der Waals surface area contributed by atoms with Gasteiger partial charge in [0.15, 0.2) is 0 Å². The van der Waals surface area contributed by atoms with Gasteiger partial charge in [0.2, 0.25) is 0 Å². The Morgan fingerprint density at radius 3 is 2.39 bits per heavy atom. The first-order valence-corrected chi connectivity index (χ1v) is 6.10. The molecule has 0 aromatic heterocycles. The van der Waals surface area contributed by atoms with E-state index in [9.17, 15) is 0 Å². The van der Waals surface area contributed by atoms with Crippen molar-refractivity contribution >= 4 is 24.8 Å². The summed E-state index contributed by atoms with van der Waals surface area (Å²) in [4.78, 5) is 0. The van der Waals surface area contributed by atoms with E-state index in [0.29, 0.717) is 6.61 Å². The number of halogens is 2. The molecule has 2 rings (SSSR count). The summed E-state index contributed by atoms with van der Waals surface area (Å²) in [5.41, 5.74) is 0. The van der Waals surface area contributed by atoms with Crippen molar-refractivity contribution in [1.82, 2.24) is 0 Å². The van der Waals surface area contributed by atoms with Gasteiger partial charge in [0.1, 0.15) is 0 Å². The van der Waals surface area contributed by atoms with Gasteiger partial charge in [-0.25, -0.2) is 0 Å². The molecule has 0 N–H and O–H groups in total. The average Bonchev–Trinajstić information content (AvgIpc) is 2.68. The number of benzene rings is 1. The van der Waals surface area contributed by atoms with E-state index < -0.39 is 0 Å². The van der Waals surface area contributed by atoms with Gasteiger partial charge in [-0.05, 0) is 0 Å². The maximum absolute atomic E-state index is 5.84. The number of ether oxygens (including phenoxy) is 2. The first kappa shape index (κ1) is 17.6. The minimum absolute atomic E-state index is 0. The Balaban J connectivity index is 0.00000144. The first-order chi connectivity index (χ1) is 7.81. The Labute approximate surface area is 132 Å². The third kappa shape index (κ3) is 4.36. The summed E-state index contributed by atoms with van der Waals surface area (Å²) in [7, 11) is 0. The summed E-state index contributed by atoms with van der Waals surface area (Å²) in [6, 6.07) is 7.75. The van der Waals surface area contributed by atoms with Crippen molar-refractivity contribution in [3.8, 4) is 11.5 Å². The maximum atomic E-state index is 5.84. The molecule has 5 heteroatoms. The van der Waals surface area contributed by atoms with Crippen molar-refractivity contribution in [1.29, 1.82) is 0 Å². The molecule has 0 atom stereocenters. The maximum Gasteiger partial charge on any atom is -0.147 e. The third-order valence-electron chi connectivity index (χ3n) is 2.26. The second-order valence-corrected chi connectivity index (χ2v) is 4.37. The molecule has 0 heterocycles. The number of hydrogen-bond acceptors (Lipinski definition) is 2. The molecule has 97 valence electrons. The van der Waals surface area contributed by atoms with Gasteiger partial charge in [0, 0.05) is 0 Å². The number of para-hydroxylation sites is 2. The van der Waals surface area contributed by atoms with Crippen molar-refractivity contribution in [3.63, 3.8) is 0 Å². The van der Waals surface area contributed by atoms with E-state index in [1.54, 1.807) is 0 Å². The fraction of sp³-hybridized carbons (Fsp3) is 0.231. The monoisotopic (exact) mass is 321 g/mol. The molecule has 0 aliphatic heterocycles. The standard InChI is InChI=1S/C13H13O2.2ClH.Ti/c1-2-14-12-9-5-6-10-13(12)15-11-7-3-4-8-11;;;/h3,5-7,9-10H,2,4H2,1H3;2*1H;. The molecule has 2 nitrogen and oxygen atoms in total. The van der Waals surface area contributed by atoms with Crippen molar-refractivity contribution in [2.24, 2.45) is 0 Å². The van der Waals surface area contributed by atoms with Crippen LogP contribution in [0.1, 0.15) is 13.3 Å². The Hall–Kier alpha value is -0.406. The molecule has 0 unspecified atom stereocenters. The van der Waals surface area contributed by atoms with Crippen LogP contribution in [0.25, 0.3) is 0 Å². The first-order valence-electron chi connectivity index (χ1n) is 5.32. The topological polar surface area (TPSA) is 18.5 Å². The van der Waals surface area contributed by atoms with E-state index in [2.05, 4.69) is 26.5 Å². The predicted molar refractivity (Wildman–Crippen MR) is 73.5 cm³/mol. The zero-order chi connectivity index (χ0) is 11.4. The van der Waals surface area contributed by atoms with Crippen LogP contribution in [-0.2, 0) is 20.4 Å². The minimum Gasteiger partial charge on any atom is -0.147 e. The average molecular weight is 322 g/mol. The Morgan fingerprint density at radius 2 is 1.83 bits per heavy atom. The molecule has 18 heavy (non-hydrogen) atoms. The van der Waals surface area contributed by atoms with E-state index in [0.717, 1.165) is 23.7 Å². The fourth-order valence-corrected chi connectivity index (χ4v) is 1.90. The van der Waals surface area contributed by atoms with Gasteiger partial charge in [-0.3, -0.25) is 0 Å². The largest absolute Gasteiger partial charge is 0.147 e. The number of allylic oxidation sites excluding steroid dienone is 3. The third-order valence-corrected chi connectivity index (χ3v) is 2.96. The van der Waals surface area contributed by atoms with E-state index in [-0.39, 0.29) is 24.8 Å². The summed E-state index contributed by atoms with van der Waals surface area (Å²) >= 11 is 2.08. The van der Waals surface area contributed by atoms with Crippen LogP contribution in [-0.4, -0.2) is 6.61 Å². The van der Waals surface area contributed by atoms with Crippen LogP contribution >= 0.6 is 24.8 Å². The van der Waals surface area contributed by atoms with E-state index in [1.807, 2.05) is 37.3 Å². The summed E-state index contributed by atoms with van der Waals surface area (Å²) in [5, 5.41) is 0. The van der Waals surface area contributed by atoms with Gasteiger partial charge in [-0.1, -0.05) is 0 Å². The molecule has 0 spiro atoms. The Kier molecular flexibility index (Phi) is 8.46. The van der Waals surface area contributed by atoms with Crippen LogP contribution in [0.2, 0.25) is 0 Å². The molecule has 1 aromatic rings. The van der Waals surface area contributed by atoms with Crippen molar-refractivity contribution in [2.45, 2.75) is 13.3 Å². The molecule has 0 amide bonds. The number of hydrogen-bond donors (Lipinski definition) is 0. The zero-order valence-electron chi connectivity index (χ0n) is 10.0. The van der Waals surface area contributed by atoms with Crippen LogP contribution in [0.3, 0.4) is 0 Å². The summed E-state index contributed by atoms with van der Waals surface area (Å²) in [5.74, 6) is 2.52. The smallest absolute Gasteiger partial charge is 0.147 e. The Morgan fingerprint density at radius 1 is 1.17 bits per heavy atom. The number of rotatable bonds is 4. The van der Waals surface area contributed by atoms with Gasteiger partial charge < -0.3 is 0 Å². The molecule has 1 aliphatic carbocycles. The van der Waals surface area contributed by atoms with Crippen LogP contribution in [0.5, 0.6) is 11.5 Å². The summed E-state index contributed by atoms with van der Waals surface area (Å²) in [6.45, 7) is 2.62. The van der Waals surface area contributed by atoms with Crippen molar-refractivity contribution in [2.75, 3.05) is 6.61 Å². The van der Waals surface area contributed by atoms with Crippen LogP contribution in [0.4, 0.5) is 0 Å².